The first-order valence-corrected chi connectivity index (χ1v) is 6.23. The van der Waals surface area contributed by atoms with E-state index in [4.69, 9.17) is 0 Å². The van der Waals surface area contributed by atoms with Gasteiger partial charge in [0.25, 0.3) is 5.56 Å². The van der Waals surface area contributed by atoms with Crippen molar-refractivity contribution >= 4 is 21.6 Å². The topological polar surface area (TPSA) is 34.0 Å². The molecule has 1 aromatic heterocycles. The Bertz CT molecular complexity index is 529. The minimum Gasteiger partial charge on any atom is -0.319 e. The molecule has 86 valence electrons. The maximum atomic E-state index is 12.0. The summed E-state index contributed by atoms with van der Waals surface area (Å²) in [7, 11) is 1.93. The monoisotopic (exact) mass is 236 g/mol. The number of nitrogens with zero attached hydrogens (tertiary/aromatic N) is 1. The molecular formula is C12H16N2OS. The number of nitrogens with one attached hydrogen (secondary N) is 1. The van der Waals surface area contributed by atoms with Crippen molar-refractivity contribution in [1.82, 2.24) is 9.27 Å². The first-order valence-electron chi connectivity index (χ1n) is 5.46. The molecule has 1 unspecified atom stereocenters. The third-order valence-corrected chi connectivity index (χ3v) is 3.67. The van der Waals surface area contributed by atoms with Gasteiger partial charge in [0, 0.05) is 6.54 Å². The van der Waals surface area contributed by atoms with E-state index in [9.17, 15) is 4.79 Å². The molecule has 0 aliphatic carbocycles. The Morgan fingerprint density at radius 2 is 2.19 bits per heavy atom. The summed E-state index contributed by atoms with van der Waals surface area (Å²) in [6, 6.07) is 7.78. The average molecular weight is 236 g/mol. The zero-order chi connectivity index (χ0) is 11.5. The highest BCUT2D eigenvalue weighted by molar-refractivity contribution is 7.13. The van der Waals surface area contributed by atoms with Gasteiger partial charge in [0.1, 0.15) is 0 Å². The predicted molar refractivity (Wildman–Crippen MR) is 69.2 cm³/mol. The van der Waals surface area contributed by atoms with Gasteiger partial charge in [0.15, 0.2) is 0 Å². The molecule has 4 heteroatoms. The number of rotatable bonds is 4. The van der Waals surface area contributed by atoms with Crippen molar-refractivity contribution in [3.8, 4) is 0 Å². The first kappa shape index (κ1) is 11.4. The number of aromatic nitrogens is 1. The van der Waals surface area contributed by atoms with E-state index in [0.717, 1.165) is 23.2 Å². The van der Waals surface area contributed by atoms with Crippen LogP contribution in [-0.2, 0) is 6.54 Å². The molecule has 0 saturated carbocycles. The molecule has 0 spiro atoms. The lowest BCUT2D eigenvalue weighted by atomic mass is 10.2. The van der Waals surface area contributed by atoms with Crippen molar-refractivity contribution in [1.29, 1.82) is 0 Å². The van der Waals surface area contributed by atoms with E-state index < -0.39 is 0 Å². The Hall–Kier alpha value is -1.13. The minimum absolute atomic E-state index is 0.142. The molecule has 0 aliphatic rings. The third-order valence-electron chi connectivity index (χ3n) is 2.58. The predicted octanol–water partition coefficient (Wildman–Crippen LogP) is 1.92. The fraction of sp³-hybridized carbons (Fsp3) is 0.417. The van der Waals surface area contributed by atoms with E-state index in [1.165, 1.54) is 0 Å². The lowest BCUT2D eigenvalue weighted by molar-refractivity contribution is 0.475. The van der Waals surface area contributed by atoms with Gasteiger partial charge in [-0.3, -0.25) is 8.75 Å². The van der Waals surface area contributed by atoms with Crippen LogP contribution in [0.3, 0.4) is 0 Å². The van der Waals surface area contributed by atoms with Crippen LogP contribution >= 0.6 is 11.5 Å². The van der Waals surface area contributed by atoms with E-state index in [-0.39, 0.29) is 5.56 Å². The molecule has 1 aromatic carbocycles. The van der Waals surface area contributed by atoms with E-state index in [2.05, 4.69) is 12.2 Å². The summed E-state index contributed by atoms with van der Waals surface area (Å²) in [5.41, 5.74) is 0.142. The smallest absolute Gasteiger partial charge is 0.268 e. The maximum Gasteiger partial charge on any atom is 0.268 e. The van der Waals surface area contributed by atoms with Crippen LogP contribution in [0.15, 0.2) is 29.1 Å². The van der Waals surface area contributed by atoms with E-state index in [0.29, 0.717) is 5.92 Å². The molecular weight excluding hydrogens is 220 g/mol. The lowest BCUT2D eigenvalue weighted by Crippen LogP contribution is -2.24. The van der Waals surface area contributed by atoms with Gasteiger partial charge in [0.2, 0.25) is 0 Å². The number of benzene rings is 1. The largest absolute Gasteiger partial charge is 0.319 e. The van der Waals surface area contributed by atoms with Crippen LogP contribution in [0, 0.1) is 5.92 Å². The van der Waals surface area contributed by atoms with Crippen molar-refractivity contribution in [3.05, 3.63) is 34.6 Å². The fourth-order valence-electron chi connectivity index (χ4n) is 1.83. The van der Waals surface area contributed by atoms with Crippen LogP contribution in [0.4, 0.5) is 0 Å². The summed E-state index contributed by atoms with van der Waals surface area (Å²) in [5, 5.41) is 3.97. The van der Waals surface area contributed by atoms with Crippen LogP contribution in [-0.4, -0.2) is 17.5 Å². The third kappa shape index (κ3) is 2.18. The van der Waals surface area contributed by atoms with Gasteiger partial charge < -0.3 is 5.32 Å². The molecule has 2 aromatic rings. The second kappa shape index (κ2) is 4.80. The summed E-state index contributed by atoms with van der Waals surface area (Å²) in [6.45, 7) is 3.87. The summed E-state index contributed by atoms with van der Waals surface area (Å²) in [4.78, 5) is 12.0. The van der Waals surface area contributed by atoms with E-state index in [1.807, 2.05) is 35.3 Å². The van der Waals surface area contributed by atoms with Crippen molar-refractivity contribution in [2.45, 2.75) is 13.5 Å². The molecule has 3 nitrogen and oxygen atoms in total. The van der Waals surface area contributed by atoms with Crippen LogP contribution in [0.5, 0.6) is 0 Å². The second-order valence-electron chi connectivity index (χ2n) is 4.12. The van der Waals surface area contributed by atoms with Crippen LogP contribution in [0.2, 0.25) is 0 Å². The SMILES string of the molecule is CNCC(C)Cn1sc2ccccc2c1=O. The van der Waals surface area contributed by atoms with Gasteiger partial charge >= 0.3 is 0 Å². The minimum atomic E-state index is 0.142. The standard InChI is InChI=1S/C12H16N2OS/c1-9(7-13-2)8-14-12(15)10-5-3-4-6-11(10)16-14/h3-6,9,13H,7-8H2,1-2H3. The highest BCUT2D eigenvalue weighted by Crippen LogP contribution is 2.16. The molecule has 1 N–H and O–H groups in total. The molecule has 2 rings (SSSR count). The highest BCUT2D eigenvalue weighted by Gasteiger charge is 2.09. The van der Waals surface area contributed by atoms with E-state index >= 15 is 0 Å². The average Bonchev–Trinajstić information content (AvgIpc) is 2.57. The second-order valence-corrected chi connectivity index (χ2v) is 5.18. The zero-order valence-corrected chi connectivity index (χ0v) is 10.4. The number of hydrogen-bond acceptors (Lipinski definition) is 3. The van der Waals surface area contributed by atoms with Crippen molar-refractivity contribution in [2.24, 2.45) is 5.92 Å². The van der Waals surface area contributed by atoms with Gasteiger partial charge in [-0.2, -0.15) is 0 Å². The van der Waals surface area contributed by atoms with Crippen molar-refractivity contribution in [2.75, 3.05) is 13.6 Å². The number of fused-ring (bicyclic) bond motifs is 1. The highest BCUT2D eigenvalue weighted by atomic mass is 32.1. The molecule has 1 heterocycles. The molecule has 0 aliphatic heterocycles. The maximum absolute atomic E-state index is 12.0. The molecule has 1 atom stereocenters. The Morgan fingerprint density at radius 1 is 1.44 bits per heavy atom. The van der Waals surface area contributed by atoms with E-state index in [1.54, 1.807) is 11.5 Å². The van der Waals surface area contributed by atoms with Gasteiger partial charge in [0.05, 0.1) is 10.1 Å². The van der Waals surface area contributed by atoms with Crippen molar-refractivity contribution < 1.29 is 0 Å². The van der Waals surface area contributed by atoms with Crippen LogP contribution < -0.4 is 10.9 Å². The van der Waals surface area contributed by atoms with Crippen molar-refractivity contribution in [3.63, 3.8) is 0 Å². The summed E-state index contributed by atoms with van der Waals surface area (Å²) < 4.78 is 2.93. The van der Waals surface area contributed by atoms with Gasteiger partial charge in [-0.15, -0.1) is 0 Å². The summed E-state index contributed by atoms with van der Waals surface area (Å²) in [5.74, 6) is 0.468. The normalized spacial score (nSPS) is 13.1. The quantitative estimate of drug-likeness (QED) is 0.880. The number of hydrogen-bond donors (Lipinski definition) is 1. The molecule has 16 heavy (non-hydrogen) atoms. The first-order chi connectivity index (χ1) is 7.72. The van der Waals surface area contributed by atoms with Gasteiger partial charge in [-0.25, -0.2) is 0 Å². The fourth-order valence-corrected chi connectivity index (χ4v) is 2.97. The Labute approximate surface area is 98.9 Å². The Balaban J connectivity index is 2.31. The Kier molecular flexibility index (Phi) is 3.41. The van der Waals surface area contributed by atoms with Crippen LogP contribution in [0.1, 0.15) is 6.92 Å². The summed E-state index contributed by atoms with van der Waals surface area (Å²) >= 11 is 1.55. The molecule has 0 bridgehead atoms. The molecule has 0 saturated heterocycles. The molecule has 0 radical (unpaired) electrons. The van der Waals surface area contributed by atoms with Gasteiger partial charge in [-0.1, -0.05) is 30.6 Å². The summed E-state index contributed by atoms with van der Waals surface area (Å²) in [6.07, 6.45) is 0. The zero-order valence-electron chi connectivity index (χ0n) is 9.56. The van der Waals surface area contributed by atoms with Crippen LogP contribution in [0.25, 0.3) is 10.1 Å². The Morgan fingerprint density at radius 3 is 2.88 bits per heavy atom. The molecule has 0 amide bonds. The lowest BCUT2D eigenvalue weighted by Gasteiger charge is -2.09. The molecule has 0 fully saturated rings. The van der Waals surface area contributed by atoms with Gasteiger partial charge in [-0.05, 0) is 31.6 Å².